The van der Waals surface area contributed by atoms with Crippen LogP contribution in [0.25, 0.3) is 6.08 Å². The van der Waals surface area contributed by atoms with Crippen LogP contribution in [0.1, 0.15) is 30.4 Å². The minimum atomic E-state index is -0.291. The Kier molecular flexibility index (Phi) is 7.02. The molecule has 0 radical (unpaired) electrons. The summed E-state index contributed by atoms with van der Waals surface area (Å²) in [5.74, 6) is -0.200. The number of hydrogen-bond acceptors (Lipinski definition) is 4. The summed E-state index contributed by atoms with van der Waals surface area (Å²) < 4.78 is 18.9. The fraction of sp³-hybridized carbons (Fsp3) is 0.407. The summed E-state index contributed by atoms with van der Waals surface area (Å²) in [7, 11) is 0. The van der Waals surface area contributed by atoms with E-state index < -0.39 is 0 Å². The van der Waals surface area contributed by atoms with E-state index in [-0.39, 0.29) is 34.8 Å². The summed E-state index contributed by atoms with van der Waals surface area (Å²) in [6.45, 7) is 2.86. The van der Waals surface area contributed by atoms with Gasteiger partial charge in [0.05, 0.1) is 18.1 Å². The zero-order valence-corrected chi connectivity index (χ0v) is 19.9. The summed E-state index contributed by atoms with van der Waals surface area (Å²) in [6, 6.07) is 16.2. The van der Waals surface area contributed by atoms with E-state index in [2.05, 4.69) is 0 Å². The Hall–Kier alpha value is -2.64. The highest BCUT2D eigenvalue weighted by atomic mass is 32.2. The number of rotatable bonds is 4. The standard InChI is InChI=1S/C27H29FN2O3S/c28-22-9-6-20(7-10-22)18-30-23-17-21(26(31)29-12-14-33-15-13-29)8-11-24(23)34-25(27(30)32)16-19-4-2-1-3-5-19/h1-7,9-10,16,21,23-24H,8,11-15,17-18H2/b25-16-. The van der Waals surface area contributed by atoms with Crippen molar-refractivity contribution in [3.63, 3.8) is 0 Å². The third-order valence-electron chi connectivity index (χ3n) is 6.94. The van der Waals surface area contributed by atoms with Crippen LogP contribution in [-0.2, 0) is 20.9 Å². The number of nitrogens with zero attached hydrogens (tertiary/aromatic N) is 2. The third kappa shape index (κ3) is 5.05. The fourth-order valence-corrected chi connectivity index (χ4v) is 6.55. The molecule has 5 rings (SSSR count). The SMILES string of the molecule is O=C(C1CCC2S/C(=C\c3ccccc3)C(=O)N(Cc3ccc(F)cc3)C2C1)N1CCOCC1. The average Bonchev–Trinajstić information content (AvgIpc) is 2.88. The van der Waals surface area contributed by atoms with Crippen LogP contribution in [0.15, 0.2) is 59.5 Å². The molecule has 1 aliphatic carbocycles. The van der Waals surface area contributed by atoms with E-state index in [4.69, 9.17) is 4.74 Å². The molecule has 178 valence electrons. The topological polar surface area (TPSA) is 49.9 Å². The number of fused-ring (bicyclic) bond motifs is 1. The van der Waals surface area contributed by atoms with Crippen LogP contribution in [0, 0.1) is 11.7 Å². The Morgan fingerprint density at radius 1 is 1.06 bits per heavy atom. The zero-order valence-electron chi connectivity index (χ0n) is 19.1. The molecule has 0 N–H and O–H groups in total. The van der Waals surface area contributed by atoms with Gasteiger partial charge in [-0.3, -0.25) is 9.59 Å². The second-order valence-electron chi connectivity index (χ2n) is 9.15. The lowest BCUT2D eigenvalue weighted by Crippen LogP contribution is -2.54. The molecule has 3 unspecified atom stereocenters. The number of thioether (sulfide) groups is 1. The Bertz CT molecular complexity index is 1050. The van der Waals surface area contributed by atoms with E-state index in [1.165, 1.54) is 12.1 Å². The number of halogens is 1. The number of amides is 2. The average molecular weight is 481 g/mol. The molecule has 0 aromatic heterocycles. The Labute approximate surface area is 204 Å². The number of hydrogen-bond donors (Lipinski definition) is 0. The predicted molar refractivity (Wildman–Crippen MR) is 131 cm³/mol. The molecule has 2 saturated heterocycles. The van der Waals surface area contributed by atoms with Crippen LogP contribution in [0.3, 0.4) is 0 Å². The highest BCUT2D eigenvalue weighted by Gasteiger charge is 2.45. The molecule has 2 aromatic carbocycles. The highest BCUT2D eigenvalue weighted by Crippen LogP contribution is 2.44. The second kappa shape index (κ2) is 10.3. The van der Waals surface area contributed by atoms with Gasteiger partial charge in [-0.2, -0.15) is 0 Å². The number of benzene rings is 2. The van der Waals surface area contributed by atoms with Crippen LogP contribution < -0.4 is 0 Å². The van der Waals surface area contributed by atoms with Gasteiger partial charge in [0.15, 0.2) is 0 Å². The Balaban J connectivity index is 1.40. The molecule has 2 amide bonds. The van der Waals surface area contributed by atoms with Gasteiger partial charge in [0.1, 0.15) is 5.82 Å². The molecule has 0 bridgehead atoms. The largest absolute Gasteiger partial charge is 0.378 e. The first kappa shape index (κ1) is 23.1. The minimum absolute atomic E-state index is 0.0149. The van der Waals surface area contributed by atoms with Crippen LogP contribution in [0.5, 0.6) is 0 Å². The normalized spacial score (nSPS) is 26.4. The molecular weight excluding hydrogens is 451 g/mol. The van der Waals surface area contributed by atoms with Crippen LogP contribution in [0.2, 0.25) is 0 Å². The van der Waals surface area contributed by atoms with Gasteiger partial charge in [0, 0.05) is 36.8 Å². The van der Waals surface area contributed by atoms with E-state index in [1.807, 2.05) is 46.2 Å². The molecule has 34 heavy (non-hydrogen) atoms. The third-order valence-corrected chi connectivity index (χ3v) is 8.34. The van der Waals surface area contributed by atoms with Gasteiger partial charge in [-0.15, -0.1) is 11.8 Å². The van der Waals surface area contributed by atoms with Gasteiger partial charge in [-0.25, -0.2) is 4.39 Å². The van der Waals surface area contributed by atoms with Crippen LogP contribution in [-0.4, -0.2) is 59.2 Å². The fourth-order valence-electron chi connectivity index (χ4n) is 5.13. The molecule has 7 heteroatoms. The monoisotopic (exact) mass is 480 g/mol. The van der Waals surface area contributed by atoms with Crippen molar-refractivity contribution >= 4 is 29.7 Å². The molecule has 5 nitrogen and oxygen atoms in total. The summed E-state index contributed by atoms with van der Waals surface area (Å²) in [5.41, 5.74) is 1.89. The van der Waals surface area contributed by atoms with E-state index in [0.717, 1.165) is 28.9 Å². The van der Waals surface area contributed by atoms with E-state index >= 15 is 0 Å². The maximum absolute atomic E-state index is 13.7. The smallest absolute Gasteiger partial charge is 0.260 e. The molecule has 3 aliphatic rings. The van der Waals surface area contributed by atoms with Crippen molar-refractivity contribution in [2.45, 2.75) is 37.1 Å². The number of carbonyl (C=O) groups is 2. The van der Waals surface area contributed by atoms with Gasteiger partial charge >= 0.3 is 0 Å². The molecule has 2 heterocycles. The van der Waals surface area contributed by atoms with Crippen molar-refractivity contribution in [2.75, 3.05) is 26.3 Å². The van der Waals surface area contributed by atoms with Crippen molar-refractivity contribution in [3.8, 4) is 0 Å². The van der Waals surface area contributed by atoms with Crippen LogP contribution >= 0.6 is 11.8 Å². The van der Waals surface area contributed by atoms with Gasteiger partial charge in [-0.1, -0.05) is 42.5 Å². The van der Waals surface area contributed by atoms with Crippen LogP contribution in [0.4, 0.5) is 4.39 Å². The van der Waals surface area contributed by atoms with E-state index in [1.54, 1.807) is 23.9 Å². The van der Waals surface area contributed by atoms with Crippen molar-refractivity contribution < 1.29 is 18.7 Å². The van der Waals surface area contributed by atoms with Crippen molar-refractivity contribution in [1.29, 1.82) is 0 Å². The summed E-state index contributed by atoms with van der Waals surface area (Å²) in [6.07, 6.45) is 4.35. The Morgan fingerprint density at radius 3 is 2.53 bits per heavy atom. The summed E-state index contributed by atoms with van der Waals surface area (Å²) in [4.78, 5) is 31.5. The molecule has 0 spiro atoms. The van der Waals surface area contributed by atoms with Gasteiger partial charge in [-0.05, 0) is 48.6 Å². The van der Waals surface area contributed by atoms with E-state index in [0.29, 0.717) is 39.3 Å². The van der Waals surface area contributed by atoms with Gasteiger partial charge in [0.25, 0.3) is 5.91 Å². The maximum atomic E-state index is 13.7. The molecule has 3 atom stereocenters. The van der Waals surface area contributed by atoms with Crippen molar-refractivity contribution in [3.05, 3.63) is 76.4 Å². The maximum Gasteiger partial charge on any atom is 0.260 e. The molecule has 1 saturated carbocycles. The predicted octanol–water partition coefficient (Wildman–Crippen LogP) is 4.34. The van der Waals surface area contributed by atoms with Gasteiger partial charge < -0.3 is 14.5 Å². The Morgan fingerprint density at radius 2 is 1.79 bits per heavy atom. The first-order chi connectivity index (χ1) is 16.6. The lowest BCUT2D eigenvalue weighted by Gasteiger charge is -2.46. The molecule has 2 aromatic rings. The van der Waals surface area contributed by atoms with Crippen molar-refractivity contribution in [2.24, 2.45) is 5.92 Å². The van der Waals surface area contributed by atoms with Gasteiger partial charge in [0.2, 0.25) is 5.91 Å². The number of carbonyl (C=O) groups excluding carboxylic acids is 2. The minimum Gasteiger partial charge on any atom is -0.378 e. The first-order valence-electron chi connectivity index (χ1n) is 11.9. The number of ether oxygens (including phenoxy) is 1. The first-order valence-corrected chi connectivity index (χ1v) is 12.8. The molecule has 2 aliphatic heterocycles. The second-order valence-corrected chi connectivity index (χ2v) is 10.4. The molecule has 3 fully saturated rings. The quantitative estimate of drug-likeness (QED) is 0.611. The zero-order chi connectivity index (χ0) is 23.5. The lowest BCUT2D eigenvalue weighted by molar-refractivity contribution is -0.143. The summed E-state index contributed by atoms with van der Waals surface area (Å²) in [5, 5.41) is 0.238. The summed E-state index contributed by atoms with van der Waals surface area (Å²) >= 11 is 1.65. The van der Waals surface area contributed by atoms with E-state index in [9.17, 15) is 14.0 Å². The molecular formula is C27H29FN2O3S. The lowest BCUT2D eigenvalue weighted by atomic mass is 9.83. The van der Waals surface area contributed by atoms with Crippen molar-refractivity contribution in [1.82, 2.24) is 9.80 Å². The highest BCUT2D eigenvalue weighted by molar-refractivity contribution is 8.04. The number of morpholine rings is 1.